The zero-order valence-electron chi connectivity index (χ0n) is 8.10. The van der Waals surface area contributed by atoms with Crippen LogP contribution in [0.3, 0.4) is 0 Å². The lowest BCUT2D eigenvalue weighted by molar-refractivity contribution is 0.804. The fourth-order valence-corrected chi connectivity index (χ4v) is 2.45. The molecule has 0 aliphatic heterocycles. The Morgan fingerprint density at radius 2 is 1.67 bits per heavy atom. The quantitative estimate of drug-likeness (QED) is 0.644. The number of hydrogen-bond acceptors (Lipinski definition) is 1. The minimum absolute atomic E-state index is 1.26. The minimum Gasteiger partial charge on any atom is -0.145 e. The van der Waals surface area contributed by atoms with Crippen molar-refractivity contribution in [2.75, 3.05) is 0 Å². The Kier molecular flexibility index (Phi) is 4.37. The van der Waals surface area contributed by atoms with Gasteiger partial charge in [0.1, 0.15) is 0 Å². The largest absolute Gasteiger partial charge is 0.145 e. The molecule has 0 spiro atoms. The lowest BCUT2D eigenvalue weighted by Gasteiger charge is -1.92. The Hall–Kier alpha value is -0.300. The van der Waals surface area contributed by atoms with Crippen molar-refractivity contribution in [3.8, 4) is 0 Å². The molecule has 1 aromatic rings. The number of hydrogen-bond donors (Lipinski definition) is 0. The highest BCUT2D eigenvalue weighted by atomic mass is 32.1. The zero-order chi connectivity index (χ0) is 8.81. The van der Waals surface area contributed by atoms with Crippen LogP contribution in [0.2, 0.25) is 0 Å². The lowest BCUT2D eigenvalue weighted by atomic mass is 10.2. The van der Waals surface area contributed by atoms with E-state index >= 15 is 0 Å². The molecule has 12 heavy (non-hydrogen) atoms. The molecule has 0 bridgehead atoms. The molecular weight excluding hydrogens is 164 g/mol. The van der Waals surface area contributed by atoms with E-state index in [0.717, 1.165) is 0 Å². The van der Waals surface area contributed by atoms with Gasteiger partial charge in [-0.3, -0.25) is 0 Å². The summed E-state index contributed by atoms with van der Waals surface area (Å²) in [5, 5.41) is 0. The molecule has 1 heteroatoms. The van der Waals surface area contributed by atoms with Gasteiger partial charge in [-0.25, -0.2) is 0 Å². The van der Waals surface area contributed by atoms with Gasteiger partial charge >= 0.3 is 0 Å². The average Bonchev–Trinajstić information content (AvgIpc) is 2.50. The van der Waals surface area contributed by atoms with E-state index in [1.54, 1.807) is 9.75 Å². The van der Waals surface area contributed by atoms with Crippen LogP contribution >= 0.6 is 11.3 Å². The van der Waals surface area contributed by atoms with Crippen LogP contribution in [0.15, 0.2) is 12.1 Å². The molecule has 0 radical (unpaired) electrons. The molecule has 0 aliphatic carbocycles. The summed E-state index contributed by atoms with van der Waals surface area (Å²) in [6, 6.07) is 4.59. The van der Waals surface area contributed by atoms with Gasteiger partial charge in [0, 0.05) is 9.75 Å². The highest BCUT2D eigenvalue weighted by molar-refractivity contribution is 7.11. The van der Waals surface area contributed by atoms with E-state index in [0.29, 0.717) is 0 Å². The van der Waals surface area contributed by atoms with E-state index in [9.17, 15) is 0 Å². The third-order valence-electron chi connectivity index (χ3n) is 1.99. The van der Waals surface area contributed by atoms with Crippen molar-refractivity contribution in [3.05, 3.63) is 21.9 Å². The maximum Gasteiger partial charge on any atom is 0.00481 e. The van der Waals surface area contributed by atoms with Crippen LogP contribution in [0, 0.1) is 0 Å². The fraction of sp³-hybridized carbons (Fsp3) is 0.636. The molecule has 0 atom stereocenters. The van der Waals surface area contributed by atoms with Crippen LogP contribution in [0.5, 0.6) is 0 Å². The molecule has 1 rings (SSSR count). The highest BCUT2D eigenvalue weighted by Gasteiger charge is 1.97. The Morgan fingerprint density at radius 3 is 2.25 bits per heavy atom. The summed E-state index contributed by atoms with van der Waals surface area (Å²) in [7, 11) is 0. The van der Waals surface area contributed by atoms with Gasteiger partial charge in [-0.05, 0) is 31.4 Å². The lowest BCUT2D eigenvalue weighted by Crippen LogP contribution is -1.76. The van der Waals surface area contributed by atoms with E-state index in [-0.39, 0.29) is 0 Å². The monoisotopic (exact) mass is 182 g/mol. The second kappa shape index (κ2) is 5.36. The first-order valence-electron chi connectivity index (χ1n) is 4.94. The molecule has 0 saturated heterocycles. The van der Waals surface area contributed by atoms with Gasteiger partial charge in [-0.2, -0.15) is 0 Å². The van der Waals surface area contributed by atoms with Crippen molar-refractivity contribution in [1.29, 1.82) is 0 Å². The average molecular weight is 182 g/mol. The molecule has 68 valence electrons. The smallest absolute Gasteiger partial charge is 0.00481 e. The van der Waals surface area contributed by atoms with Crippen LogP contribution in [0.4, 0.5) is 0 Å². The van der Waals surface area contributed by atoms with Gasteiger partial charge in [-0.15, -0.1) is 11.3 Å². The van der Waals surface area contributed by atoms with E-state index in [1.807, 2.05) is 11.3 Å². The molecule has 0 nitrogen and oxygen atoms in total. The second-order valence-corrected chi connectivity index (χ2v) is 4.47. The molecule has 0 aromatic carbocycles. The maximum atomic E-state index is 2.30. The predicted octanol–water partition coefficient (Wildman–Crippen LogP) is 4.04. The van der Waals surface area contributed by atoms with Crippen molar-refractivity contribution < 1.29 is 0 Å². The third-order valence-corrected chi connectivity index (χ3v) is 3.20. The summed E-state index contributed by atoms with van der Waals surface area (Å²) in [5.41, 5.74) is 0. The van der Waals surface area contributed by atoms with Gasteiger partial charge in [-0.1, -0.05) is 26.7 Å². The second-order valence-electron chi connectivity index (χ2n) is 3.22. The molecular formula is C11H18S. The summed E-state index contributed by atoms with van der Waals surface area (Å²) < 4.78 is 0. The highest BCUT2D eigenvalue weighted by Crippen LogP contribution is 2.19. The first kappa shape index (κ1) is 9.79. The fourth-order valence-electron chi connectivity index (χ4n) is 1.29. The van der Waals surface area contributed by atoms with Crippen LogP contribution in [-0.4, -0.2) is 0 Å². The number of unbranched alkanes of at least 4 members (excludes halogenated alkanes) is 1. The Balaban J connectivity index is 2.41. The molecule has 1 heterocycles. The summed E-state index contributed by atoms with van der Waals surface area (Å²) in [6.07, 6.45) is 6.46. The number of thiophene rings is 1. The normalized spacial score (nSPS) is 10.5. The van der Waals surface area contributed by atoms with Gasteiger partial charge < -0.3 is 0 Å². The first-order chi connectivity index (χ1) is 5.86. The number of rotatable bonds is 5. The Morgan fingerprint density at radius 1 is 1.00 bits per heavy atom. The van der Waals surface area contributed by atoms with Crippen molar-refractivity contribution in [3.63, 3.8) is 0 Å². The van der Waals surface area contributed by atoms with Crippen molar-refractivity contribution in [1.82, 2.24) is 0 Å². The molecule has 0 amide bonds. The number of aryl methyl sites for hydroxylation is 2. The Bertz CT molecular complexity index is 213. The SMILES string of the molecule is CCCCc1ccc(CCC)s1. The van der Waals surface area contributed by atoms with Crippen molar-refractivity contribution in [2.24, 2.45) is 0 Å². The van der Waals surface area contributed by atoms with Crippen LogP contribution in [0.25, 0.3) is 0 Å². The molecule has 1 aromatic heterocycles. The standard InChI is InChI=1S/C11H18S/c1-3-5-7-11-9-8-10(12-11)6-4-2/h8-9H,3-7H2,1-2H3. The predicted molar refractivity (Wildman–Crippen MR) is 56.9 cm³/mol. The van der Waals surface area contributed by atoms with E-state index < -0.39 is 0 Å². The zero-order valence-corrected chi connectivity index (χ0v) is 8.91. The first-order valence-corrected chi connectivity index (χ1v) is 5.76. The van der Waals surface area contributed by atoms with Crippen molar-refractivity contribution in [2.45, 2.75) is 46.0 Å². The van der Waals surface area contributed by atoms with E-state index in [4.69, 9.17) is 0 Å². The van der Waals surface area contributed by atoms with Crippen LogP contribution in [-0.2, 0) is 12.8 Å². The van der Waals surface area contributed by atoms with E-state index in [1.165, 1.54) is 32.1 Å². The molecule has 0 aliphatic rings. The van der Waals surface area contributed by atoms with E-state index in [2.05, 4.69) is 26.0 Å². The van der Waals surface area contributed by atoms with Crippen LogP contribution < -0.4 is 0 Å². The topological polar surface area (TPSA) is 0 Å². The van der Waals surface area contributed by atoms with Gasteiger partial charge in [0.05, 0.1) is 0 Å². The minimum atomic E-state index is 1.26. The van der Waals surface area contributed by atoms with Gasteiger partial charge in [0.15, 0.2) is 0 Å². The molecule has 0 fully saturated rings. The van der Waals surface area contributed by atoms with Crippen molar-refractivity contribution >= 4 is 11.3 Å². The van der Waals surface area contributed by atoms with Crippen LogP contribution in [0.1, 0.15) is 42.9 Å². The summed E-state index contributed by atoms with van der Waals surface area (Å²) in [4.78, 5) is 3.13. The molecule has 0 saturated carbocycles. The Labute approximate surface area is 79.6 Å². The summed E-state index contributed by atoms with van der Waals surface area (Å²) in [5.74, 6) is 0. The van der Waals surface area contributed by atoms with Gasteiger partial charge in [0.25, 0.3) is 0 Å². The third kappa shape index (κ3) is 2.98. The summed E-state index contributed by atoms with van der Waals surface area (Å²) in [6.45, 7) is 4.49. The molecule has 0 unspecified atom stereocenters. The van der Waals surface area contributed by atoms with Gasteiger partial charge in [0.2, 0.25) is 0 Å². The molecule has 0 N–H and O–H groups in total. The maximum absolute atomic E-state index is 2.30. The summed E-state index contributed by atoms with van der Waals surface area (Å²) >= 11 is 2.00.